The van der Waals surface area contributed by atoms with Crippen LogP contribution in [0.2, 0.25) is 0 Å². The zero-order valence-electron chi connectivity index (χ0n) is 10.9. The van der Waals surface area contributed by atoms with Crippen molar-refractivity contribution in [3.63, 3.8) is 0 Å². The molecular formula is C14H19N2O2S. The topological polar surface area (TPSA) is 55.6 Å². The van der Waals surface area contributed by atoms with E-state index < -0.39 is 0 Å². The number of hydrogen-bond acceptors (Lipinski definition) is 4. The Morgan fingerprint density at radius 2 is 2.11 bits per heavy atom. The van der Waals surface area contributed by atoms with Gasteiger partial charge in [0.15, 0.2) is 0 Å². The number of carbonyl (C=O) groups is 1. The van der Waals surface area contributed by atoms with E-state index in [2.05, 4.69) is 11.0 Å². The molecule has 0 aromatic heterocycles. The number of nitrogens with two attached hydrogens (primary N) is 1. The molecule has 2 rings (SSSR count). The van der Waals surface area contributed by atoms with Crippen LogP contribution in [0.5, 0.6) is 0 Å². The van der Waals surface area contributed by atoms with Gasteiger partial charge in [0.1, 0.15) is 0 Å². The fourth-order valence-electron chi connectivity index (χ4n) is 2.00. The third kappa shape index (κ3) is 4.86. The average Bonchev–Trinajstić information content (AvgIpc) is 2.45. The minimum absolute atomic E-state index is 0.176. The summed E-state index contributed by atoms with van der Waals surface area (Å²) in [7, 11) is 0. The van der Waals surface area contributed by atoms with E-state index in [4.69, 9.17) is 10.5 Å². The van der Waals surface area contributed by atoms with E-state index in [1.54, 1.807) is 0 Å². The molecule has 19 heavy (non-hydrogen) atoms. The first-order valence-electron chi connectivity index (χ1n) is 6.48. The zero-order chi connectivity index (χ0) is 13.5. The highest BCUT2D eigenvalue weighted by Gasteiger charge is 2.19. The summed E-state index contributed by atoms with van der Waals surface area (Å²) in [5.41, 5.74) is 5.49. The van der Waals surface area contributed by atoms with Gasteiger partial charge in [-0.1, -0.05) is 12.1 Å². The van der Waals surface area contributed by atoms with E-state index in [0.29, 0.717) is 0 Å². The summed E-state index contributed by atoms with van der Waals surface area (Å²) in [4.78, 5) is 14.9. The number of primary amides is 1. The number of hydrogen-bond donors (Lipinski definition) is 1. The molecule has 0 aliphatic carbocycles. The maximum absolute atomic E-state index is 11.5. The largest absolute Gasteiger partial charge is 0.379 e. The van der Waals surface area contributed by atoms with Crippen LogP contribution in [0.3, 0.4) is 0 Å². The number of carbonyl (C=O) groups excluding carboxylic acids is 1. The molecule has 0 spiro atoms. The number of amides is 1. The minimum atomic E-state index is -0.244. The predicted molar refractivity (Wildman–Crippen MR) is 76.0 cm³/mol. The summed E-state index contributed by atoms with van der Waals surface area (Å²) in [6.07, 6.45) is 0.776. The fourth-order valence-corrected chi connectivity index (χ4v) is 2.96. The third-order valence-corrected chi connectivity index (χ3v) is 4.39. The standard InChI is InChI=1S/C14H19N2O2S/c15-14(17)13(19-12-4-2-1-3-5-12)6-7-16-8-10-18-11-9-16/h2-5,13H,6-11H2,(H2,15,17). The first-order chi connectivity index (χ1) is 9.25. The highest BCUT2D eigenvalue weighted by molar-refractivity contribution is 8.00. The summed E-state index contributed by atoms with van der Waals surface area (Å²) < 4.78 is 5.31. The Morgan fingerprint density at radius 1 is 1.42 bits per heavy atom. The fraction of sp³-hybridized carbons (Fsp3) is 0.500. The van der Waals surface area contributed by atoms with Crippen molar-refractivity contribution >= 4 is 17.7 Å². The Balaban J connectivity index is 1.84. The maximum atomic E-state index is 11.5. The molecule has 0 saturated carbocycles. The number of benzene rings is 1. The molecule has 1 heterocycles. The Bertz CT molecular complexity index is 394. The summed E-state index contributed by atoms with van der Waals surface area (Å²) in [6, 6.07) is 10.6. The molecule has 103 valence electrons. The van der Waals surface area contributed by atoms with Crippen LogP contribution in [-0.2, 0) is 9.53 Å². The van der Waals surface area contributed by atoms with Crippen LogP contribution < -0.4 is 5.73 Å². The number of morpholine rings is 1. The van der Waals surface area contributed by atoms with Crippen LogP contribution in [0.1, 0.15) is 6.42 Å². The number of nitrogens with zero attached hydrogens (tertiary/aromatic N) is 1. The molecule has 1 aliphatic heterocycles. The van der Waals surface area contributed by atoms with Gasteiger partial charge < -0.3 is 10.5 Å². The SMILES string of the molecule is NC(=O)C(CCN1CCOCC1)Sc1cc[c]cc1. The maximum Gasteiger partial charge on any atom is 0.230 e. The van der Waals surface area contributed by atoms with E-state index in [9.17, 15) is 4.79 Å². The lowest BCUT2D eigenvalue weighted by molar-refractivity contribution is -0.117. The molecule has 1 unspecified atom stereocenters. The van der Waals surface area contributed by atoms with Crippen LogP contribution in [-0.4, -0.2) is 48.9 Å². The average molecular weight is 279 g/mol. The summed E-state index contributed by atoms with van der Waals surface area (Å²) >= 11 is 1.53. The molecule has 2 N–H and O–H groups in total. The lowest BCUT2D eigenvalue weighted by Gasteiger charge is -2.27. The van der Waals surface area contributed by atoms with E-state index >= 15 is 0 Å². The lowest BCUT2D eigenvalue weighted by Crippen LogP contribution is -2.39. The van der Waals surface area contributed by atoms with Gasteiger partial charge in [-0.25, -0.2) is 0 Å². The Kier molecular flexibility index (Phi) is 5.69. The zero-order valence-corrected chi connectivity index (χ0v) is 11.7. The molecule has 1 radical (unpaired) electrons. The van der Waals surface area contributed by atoms with Gasteiger partial charge in [-0.3, -0.25) is 9.69 Å². The second-order valence-corrected chi connectivity index (χ2v) is 5.76. The van der Waals surface area contributed by atoms with E-state index in [1.165, 1.54) is 11.8 Å². The van der Waals surface area contributed by atoms with Crippen LogP contribution in [0.25, 0.3) is 0 Å². The van der Waals surface area contributed by atoms with Gasteiger partial charge in [-0.15, -0.1) is 11.8 Å². The number of thioether (sulfide) groups is 1. The third-order valence-electron chi connectivity index (χ3n) is 3.09. The normalized spacial score (nSPS) is 18.1. The van der Waals surface area contributed by atoms with Crippen LogP contribution in [0, 0.1) is 6.07 Å². The van der Waals surface area contributed by atoms with Crippen molar-refractivity contribution in [2.24, 2.45) is 5.73 Å². The second-order valence-electron chi connectivity index (χ2n) is 4.49. The molecule has 1 amide bonds. The van der Waals surface area contributed by atoms with Gasteiger partial charge >= 0.3 is 0 Å². The minimum Gasteiger partial charge on any atom is -0.379 e. The molecule has 1 aromatic carbocycles. The number of ether oxygens (including phenoxy) is 1. The first kappa shape index (κ1) is 14.4. The lowest BCUT2D eigenvalue weighted by atomic mass is 10.2. The Morgan fingerprint density at radius 3 is 2.74 bits per heavy atom. The van der Waals surface area contributed by atoms with E-state index in [1.807, 2.05) is 24.3 Å². The van der Waals surface area contributed by atoms with Crippen molar-refractivity contribution in [1.29, 1.82) is 0 Å². The molecular weight excluding hydrogens is 260 g/mol. The number of rotatable bonds is 6. The summed E-state index contributed by atoms with van der Waals surface area (Å²) in [5, 5.41) is -0.176. The van der Waals surface area contributed by atoms with Crippen molar-refractivity contribution in [3.05, 3.63) is 30.3 Å². The highest BCUT2D eigenvalue weighted by atomic mass is 32.2. The van der Waals surface area contributed by atoms with E-state index in [0.717, 1.165) is 44.2 Å². The van der Waals surface area contributed by atoms with Crippen molar-refractivity contribution in [3.8, 4) is 0 Å². The summed E-state index contributed by atoms with van der Waals surface area (Å²) in [6.45, 7) is 4.33. The first-order valence-corrected chi connectivity index (χ1v) is 7.36. The quantitative estimate of drug-likeness (QED) is 0.794. The van der Waals surface area contributed by atoms with Gasteiger partial charge in [0.2, 0.25) is 5.91 Å². The molecule has 1 fully saturated rings. The molecule has 1 saturated heterocycles. The van der Waals surface area contributed by atoms with Gasteiger partial charge in [-0.2, -0.15) is 0 Å². The van der Waals surface area contributed by atoms with Crippen molar-refractivity contribution < 1.29 is 9.53 Å². The highest BCUT2D eigenvalue weighted by Crippen LogP contribution is 2.25. The second kappa shape index (κ2) is 7.53. The van der Waals surface area contributed by atoms with Crippen LogP contribution in [0.4, 0.5) is 0 Å². The van der Waals surface area contributed by atoms with Crippen molar-refractivity contribution in [2.45, 2.75) is 16.6 Å². The van der Waals surface area contributed by atoms with Gasteiger partial charge in [0, 0.05) is 18.0 Å². The smallest absolute Gasteiger partial charge is 0.230 e. The molecule has 1 aliphatic rings. The molecule has 4 nitrogen and oxygen atoms in total. The Labute approximate surface area is 118 Å². The van der Waals surface area contributed by atoms with E-state index in [-0.39, 0.29) is 11.2 Å². The Hall–Kier alpha value is -1.04. The monoisotopic (exact) mass is 279 g/mol. The molecule has 1 aromatic rings. The van der Waals surface area contributed by atoms with Gasteiger partial charge in [0.25, 0.3) is 0 Å². The van der Waals surface area contributed by atoms with Crippen LogP contribution in [0.15, 0.2) is 29.2 Å². The predicted octanol–water partition coefficient (Wildman–Crippen LogP) is 1.16. The molecule has 5 heteroatoms. The summed E-state index contributed by atoms with van der Waals surface area (Å²) in [5.74, 6) is -0.244. The molecule has 0 bridgehead atoms. The van der Waals surface area contributed by atoms with Crippen molar-refractivity contribution in [1.82, 2.24) is 4.90 Å². The molecule has 1 atom stereocenters. The van der Waals surface area contributed by atoms with Crippen LogP contribution >= 0.6 is 11.8 Å². The van der Waals surface area contributed by atoms with Gasteiger partial charge in [0.05, 0.1) is 18.5 Å². The van der Waals surface area contributed by atoms with Crippen molar-refractivity contribution in [2.75, 3.05) is 32.8 Å². The van der Waals surface area contributed by atoms with Gasteiger partial charge in [-0.05, 0) is 31.2 Å².